The van der Waals surface area contributed by atoms with Crippen molar-refractivity contribution in [1.82, 2.24) is 4.90 Å². The number of carbonyl (C=O) groups is 2. The van der Waals surface area contributed by atoms with E-state index in [9.17, 15) is 14.7 Å². The fourth-order valence-corrected chi connectivity index (χ4v) is 3.72. The molecule has 3 rings (SSSR count). The van der Waals surface area contributed by atoms with Gasteiger partial charge in [-0.25, -0.2) is 0 Å². The number of nitrogens with zero attached hydrogens (tertiary/aromatic N) is 2. The molecule has 0 bridgehead atoms. The van der Waals surface area contributed by atoms with Crippen LogP contribution in [0, 0.1) is 0 Å². The van der Waals surface area contributed by atoms with E-state index in [4.69, 9.17) is 9.47 Å². The van der Waals surface area contributed by atoms with E-state index in [1.54, 1.807) is 24.3 Å². The molecule has 0 radical (unpaired) electrons. The van der Waals surface area contributed by atoms with Gasteiger partial charge in [0.15, 0.2) is 0 Å². The number of rotatable bonds is 8. The van der Waals surface area contributed by atoms with Gasteiger partial charge in [0, 0.05) is 31.9 Å². The van der Waals surface area contributed by atoms with Gasteiger partial charge in [-0.1, -0.05) is 24.3 Å². The summed E-state index contributed by atoms with van der Waals surface area (Å²) in [5.41, 5.74) is 2.20. The van der Waals surface area contributed by atoms with Crippen molar-refractivity contribution < 1.29 is 24.2 Å². The number of aliphatic hydroxyl groups excluding tert-OH is 1. The van der Waals surface area contributed by atoms with Crippen molar-refractivity contribution in [1.29, 1.82) is 0 Å². The molecule has 1 N–H and O–H groups in total. The number of methoxy groups -OCH3 is 1. The fourth-order valence-electron chi connectivity index (χ4n) is 3.72. The molecule has 0 spiro atoms. The Morgan fingerprint density at radius 1 is 1.12 bits per heavy atom. The van der Waals surface area contributed by atoms with Crippen LogP contribution in [0.2, 0.25) is 0 Å². The molecular weight excluding hydrogens is 408 g/mol. The molecule has 1 saturated heterocycles. The molecule has 0 aromatic heterocycles. The van der Waals surface area contributed by atoms with Crippen molar-refractivity contribution in [3.05, 3.63) is 65.2 Å². The van der Waals surface area contributed by atoms with Crippen LogP contribution >= 0.6 is 0 Å². The minimum atomic E-state index is -0.715. The van der Waals surface area contributed by atoms with E-state index < -0.39 is 17.7 Å². The van der Waals surface area contributed by atoms with Crippen molar-refractivity contribution in [2.45, 2.75) is 26.0 Å². The predicted molar refractivity (Wildman–Crippen MR) is 124 cm³/mol. The molecule has 1 unspecified atom stereocenters. The van der Waals surface area contributed by atoms with Crippen LogP contribution < -0.4 is 9.64 Å². The summed E-state index contributed by atoms with van der Waals surface area (Å²) >= 11 is 0. The van der Waals surface area contributed by atoms with E-state index >= 15 is 0 Å². The van der Waals surface area contributed by atoms with Gasteiger partial charge in [-0.05, 0) is 43.7 Å². The van der Waals surface area contributed by atoms with Gasteiger partial charge in [0.05, 0.1) is 31.4 Å². The SMILES string of the molecule is COc1cccc(/C(O)=C2/C(=O)C(=O)N(CCOC(C)C)C2c2ccc(N(C)C)cc2)c1. The van der Waals surface area contributed by atoms with E-state index in [0.29, 0.717) is 11.3 Å². The predicted octanol–water partition coefficient (Wildman–Crippen LogP) is 3.61. The Kier molecular flexibility index (Phi) is 7.20. The highest BCUT2D eigenvalue weighted by atomic mass is 16.5. The van der Waals surface area contributed by atoms with E-state index in [1.165, 1.54) is 12.0 Å². The molecule has 170 valence electrons. The second kappa shape index (κ2) is 9.87. The van der Waals surface area contributed by atoms with Gasteiger partial charge in [0.25, 0.3) is 11.7 Å². The minimum Gasteiger partial charge on any atom is -0.507 e. The molecule has 1 aliphatic rings. The summed E-state index contributed by atoms with van der Waals surface area (Å²) in [6.07, 6.45) is 0.00132. The molecule has 1 fully saturated rings. The molecule has 7 heteroatoms. The third-order valence-corrected chi connectivity index (χ3v) is 5.39. The number of hydrogen-bond acceptors (Lipinski definition) is 6. The largest absolute Gasteiger partial charge is 0.507 e. The summed E-state index contributed by atoms with van der Waals surface area (Å²) in [5.74, 6) is -1.04. The molecular formula is C25H30N2O5. The molecule has 0 saturated carbocycles. The molecule has 2 aromatic carbocycles. The lowest BCUT2D eigenvalue weighted by atomic mass is 9.95. The van der Waals surface area contributed by atoms with Gasteiger partial charge in [-0.3, -0.25) is 9.59 Å². The normalized spacial score (nSPS) is 17.8. The van der Waals surface area contributed by atoms with Crippen molar-refractivity contribution in [3.63, 3.8) is 0 Å². The highest BCUT2D eigenvalue weighted by Gasteiger charge is 2.45. The van der Waals surface area contributed by atoms with Crippen LogP contribution in [0.25, 0.3) is 5.76 Å². The third kappa shape index (κ3) is 4.78. The number of hydrogen-bond donors (Lipinski definition) is 1. The van der Waals surface area contributed by atoms with Crippen LogP contribution in [0.15, 0.2) is 54.1 Å². The van der Waals surface area contributed by atoms with Gasteiger partial charge < -0.3 is 24.4 Å². The first-order valence-electron chi connectivity index (χ1n) is 10.6. The van der Waals surface area contributed by atoms with Crippen molar-refractivity contribution in [2.75, 3.05) is 39.3 Å². The number of ether oxygens (including phenoxy) is 2. The number of carbonyl (C=O) groups excluding carboxylic acids is 2. The van der Waals surface area contributed by atoms with Gasteiger partial charge in [0.2, 0.25) is 0 Å². The summed E-state index contributed by atoms with van der Waals surface area (Å²) in [6.45, 7) is 4.34. The lowest BCUT2D eigenvalue weighted by Gasteiger charge is -2.26. The standard InChI is InChI=1S/C25H30N2O5/c1-16(2)32-14-13-27-22(17-9-11-19(12-10-17)26(3)4)21(24(29)25(27)30)23(28)18-7-6-8-20(15-18)31-5/h6-12,15-16,22,28H,13-14H2,1-5H3/b23-21-. The Morgan fingerprint density at radius 2 is 1.81 bits per heavy atom. The summed E-state index contributed by atoms with van der Waals surface area (Å²) in [7, 11) is 5.40. The van der Waals surface area contributed by atoms with Crippen LogP contribution in [-0.4, -0.2) is 62.2 Å². The van der Waals surface area contributed by atoms with Gasteiger partial charge in [-0.15, -0.1) is 0 Å². The average Bonchev–Trinajstić information content (AvgIpc) is 3.03. The number of amides is 1. The molecule has 7 nitrogen and oxygen atoms in total. The van der Waals surface area contributed by atoms with Crippen LogP contribution in [0.4, 0.5) is 5.69 Å². The Labute approximate surface area is 188 Å². The average molecular weight is 439 g/mol. The Morgan fingerprint density at radius 3 is 2.41 bits per heavy atom. The Hall–Kier alpha value is -3.32. The fraction of sp³-hybridized carbons (Fsp3) is 0.360. The van der Waals surface area contributed by atoms with Crippen molar-refractivity contribution >= 4 is 23.1 Å². The highest BCUT2D eigenvalue weighted by Crippen LogP contribution is 2.40. The zero-order valence-corrected chi connectivity index (χ0v) is 19.2. The monoisotopic (exact) mass is 438 g/mol. The molecule has 1 atom stereocenters. The maximum atomic E-state index is 13.1. The maximum Gasteiger partial charge on any atom is 0.295 e. The summed E-state index contributed by atoms with van der Waals surface area (Å²) in [5, 5.41) is 11.1. The van der Waals surface area contributed by atoms with E-state index in [1.807, 2.05) is 57.1 Å². The lowest BCUT2D eigenvalue weighted by molar-refractivity contribution is -0.140. The molecule has 2 aromatic rings. The minimum absolute atomic E-state index is 0.00132. The topological polar surface area (TPSA) is 79.3 Å². The zero-order chi connectivity index (χ0) is 23.4. The van der Waals surface area contributed by atoms with Gasteiger partial charge in [-0.2, -0.15) is 0 Å². The molecule has 0 aliphatic carbocycles. The summed E-state index contributed by atoms with van der Waals surface area (Å²) in [4.78, 5) is 29.4. The van der Waals surface area contributed by atoms with E-state index in [0.717, 1.165) is 11.3 Å². The lowest BCUT2D eigenvalue weighted by Crippen LogP contribution is -2.33. The second-order valence-electron chi connectivity index (χ2n) is 8.13. The number of Topliss-reactive ketones (excluding diaryl/α,β-unsaturated/α-hetero) is 1. The number of anilines is 1. The second-order valence-corrected chi connectivity index (χ2v) is 8.13. The number of aliphatic hydroxyl groups is 1. The van der Waals surface area contributed by atoms with E-state index in [2.05, 4.69) is 0 Å². The van der Waals surface area contributed by atoms with Gasteiger partial charge >= 0.3 is 0 Å². The first-order valence-corrected chi connectivity index (χ1v) is 10.6. The third-order valence-electron chi connectivity index (χ3n) is 5.39. The van der Waals surface area contributed by atoms with Crippen LogP contribution in [0.5, 0.6) is 5.75 Å². The summed E-state index contributed by atoms with van der Waals surface area (Å²) < 4.78 is 10.9. The first kappa shape index (κ1) is 23.3. The molecule has 1 heterocycles. The van der Waals surface area contributed by atoms with Crippen LogP contribution in [-0.2, 0) is 14.3 Å². The number of benzene rings is 2. The quantitative estimate of drug-likeness (QED) is 0.385. The number of likely N-dealkylation sites (tertiary alicyclic amines) is 1. The van der Waals surface area contributed by atoms with Crippen molar-refractivity contribution in [3.8, 4) is 5.75 Å². The smallest absolute Gasteiger partial charge is 0.295 e. The number of ketones is 1. The Balaban J connectivity index is 2.09. The zero-order valence-electron chi connectivity index (χ0n) is 19.2. The molecule has 1 aliphatic heterocycles. The van der Waals surface area contributed by atoms with Crippen LogP contribution in [0.1, 0.15) is 31.0 Å². The maximum absolute atomic E-state index is 13.1. The summed E-state index contributed by atoms with van der Waals surface area (Å²) in [6, 6.07) is 13.7. The van der Waals surface area contributed by atoms with E-state index in [-0.39, 0.29) is 30.6 Å². The van der Waals surface area contributed by atoms with Crippen molar-refractivity contribution in [2.24, 2.45) is 0 Å². The van der Waals surface area contributed by atoms with Gasteiger partial charge in [0.1, 0.15) is 11.5 Å². The Bertz CT molecular complexity index is 1010. The van der Waals surface area contributed by atoms with Crippen LogP contribution in [0.3, 0.4) is 0 Å². The first-order chi connectivity index (χ1) is 15.2. The molecule has 32 heavy (non-hydrogen) atoms. The molecule has 1 amide bonds. The highest BCUT2D eigenvalue weighted by molar-refractivity contribution is 6.46.